The van der Waals surface area contributed by atoms with Crippen molar-refractivity contribution in [1.29, 1.82) is 0 Å². The summed E-state index contributed by atoms with van der Waals surface area (Å²) in [5, 5.41) is 5.77. The van der Waals surface area contributed by atoms with Crippen molar-refractivity contribution in [3.8, 4) is 0 Å². The molecule has 1 N–H and O–H groups in total. The number of amides is 1. The number of nitrogens with one attached hydrogen (secondary N) is 1. The third-order valence-corrected chi connectivity index (χ3v) is 5.52. The van der Waals surface area contributed by atoms with Crippen molar-refractivity contribution >= 4 is 17.2 Å². The molecule has 0 aliphatic carbocycles. The van der Waals surface area contributed by atoms with Crippen LogP contribution >= 0.6 is 11.3 Å². The van der Waals surface area contributed by atoms with Gasteiger partial charge in [0.2, 0.25) is 5.91 Å². The van der Waals surface area contributed by atoms with E-state index in [0.29, 0.717) is 18.5 Å². The monoisotopic (exact) mass is 328 g/mol. The molecule has 0 unspecified atom stereocenters. The van der Waals surface area contributed by atoms with E-state index in [2.05, 4.69) is 41.9 Å². The number of rotatable bonds is 6. The normalized spacial score (nSPS) is 19.0. The van der Waals surface area contributed by atoms with Gasteiger partial charge in [-0.25, -0.2) is 0 Å². The highest BCUT2D eigenvalue weighted by Crippen LogP contribution is 2.21. The lowest BCUT2D eigenvalue weighted by Crippen LogP contribution is -2.36. The van der Waals surface area contributed by atoms with Crippen molar-refractivity contribution in [2.45, 2.75) is 38.3 Å². The van der Waals surface area contributed by atoms with Crippen molar-refractivity contribution < 1.29 is 4.79 Å². The van der Waals surface area contributed by atoms with Gasteiger partial charge in [-0.1, -0.05) is 36.4 Å². The number of carbonyl (C=O) groups is 1. The van der Waals surface area contributed by atoms with Gasteiger partial charge in [0.25, 0.3) is 0 Å². The molecule has 1 saturated heterocycles. The number of hydrogen-bond donors (Lipinski definition) is 1. The number of aryl methyl sites for hydroxylation is 1. The molecule has 0 spiro atoms. The highest BCUT2D eigenvalue weighted by molar-refractivity contribution is 7.10. The van der Waals surface area contributed by atoms with Gasteiger partial charge < -0.3 is 10.2 Å². The first-order chi connectivity index (χ1) is 11.2. The van der Waals surface area contributed by atoms with Gasteiger partial charge in [-0.3, -0.25) is 4.79 Å². The van der Waals surface area contributed by atoms with Crippen LogP contribution in [0.1, 0.15) is 36.2 Å². The van der Waals surface area contributed by atoms with Crippen LogP contribution in [0, 0.1) is 0 Å². The Morgan fingerprint density at radius 3 is 2.87 bits per heavy atom. The number of benzene rings is 1. The van der Waals surface area contributed by atoms with E-state index in [9.17, 15) is 4.79 Å². The minimum atomic E-state index is 0.280. The van der Waals surface area contributed by atoms with E-state index in [1.807, 2.05) is 23.1 Å². The van der Waals surface area contributed by atoms with Crippen molar-refractivity contribution in [2.75, 3.05) is 13.1 Å². The molecule has 1 aliphatic heterocycles. The Morgan fingerprint density at radius 1 is 1.30 bits per heavy atom. The van der Waals surface area contributed by atoms with Crippen LogP contribution in [0.5, 0.6) is 0 Å². The molecule has 1 aromatic carbocycles. The van der Waals surface area contributed by atoms with E-state index < -0.39 is 0 Å². The molecule has 1 aliphatic rings. The standard InChI is InChI=1S/C19H24N2OS/c1-15(18-8-5-13-23-18)20-17-11-12-21(14-17)19(22)10-9-16-6-3-2-4-7-16/h2-8,13,15,17,20H,9-12,14H2,1H3/t15-,17-/m1/s1. The lowest BCUT2D eigenvalue weighted by atomic mass is 10.1. The molecule has 0 bridgehead atoms. The molecule has 2 atom stereocenters. The minimum Gasteiger partial charge on any atom is -0.341 e. The highest BCUT2D eigenvalue weighted by atomic mass is 32.1. The van der Waals surface area contributed by atoms with Gasteiger partial charge in [-0.05, 0) is 36.8 Å². The molecule has 3 rings (SSSR count). The highest BCUT2D eigenvalue weighted by Gasteiger charge is 2.27. The van der Waals surface area contributed by atoms with Gasteiger partial charge in [0.05, 0.1) is 0 Å². The van der Waals surface area contributed by atoms with Crippen LogP contribution in [0.3, 0.4) is 0 Å². The zero-order valence-electron chi connectivity index (χ0n) is 13.6. The Bertz CT molecular complexity index is 612. The Balaban J connectivity index is 1.44. The first kappa shape index (κ1) is 16.2. The number of thiophene rings is 1. The van der Waals surface area contributed by atoms with Crippen LogP contribution in [-0.2, 0) is 11.2 Å². The van der Waals surface area contributed by atoms with Gasteiger partial charge in [-0.15, -0.1) is 11.3 Å². The summed E-state index contributed by atoms with van der Waals surface area (Å²) in [6, 6.07) is 15.3. The third kappa shape index (κ3) is 4.43. The maximum atomic E-state index is 12.4. The first-order valence-electron chi connectivity index (χ1n) is 8.33. The number of likely N-dealkylation sites (tertiary alicyclic amines) is 1. The molecule has 1 aromatic heterocycles. The fourth-order valence-electron chi connectivity index (χ4n) is 3.15. The average Bonchev–Trinajstić information content (AvgIpc) is 3.25. The largest absolute Gasteiger partial charge is 0.341 e. The van der Waals surface area contributed by atoms with Crippen LogP contribution in [0.4, 0.5) is 0 Å². The van der Waals surface area contributed by atoms with Gasteiger partial charge in [0.15, 0.2) is 0 Å². The minimum absolute atomic E-state index is 0.280. The summed E-state index contributed by atoms with van der Waals surface area (Å²) >= 11 is 1.78. The Kier molecular flexibility index (Phi) is 5.47. The van der Waals surface area contributed by atoms with Crippen LogP contribution in [0.2, 0.25) is 0 Å². The van der Waals surface area contributed by atoms with Crippen LogP contribution in [0.15, 0.2) is 47.8 Å². The first-order valence-corrected chi connectivity index (χ1v) is 9.21. The molecule has 1 amide bonds. The Morgan fingerprint density at radius 2 is 2.13 bits per heavy atom. The predicted molar refractivity (Wildman–Crippen MR) is 95.6 cm³/mol. The van der Waals surface area contributed by atoms with Gasteiger partial charge in [0, 0.05) is 36.5 Å². The van der Waals surface area contributed by atoms with E-state index >= 15 is 0 Å². The van der Waals surface area contributed by atoms with E-state index in [1.54, 1.807) is 11.3 Å². The van der Waals surface area contributed by atoms with E-state index in [0.717, 1.165) is 25.9 Å². The quantitative estimate of drug-likeness (QED) is 0.878. The van der Waals surface area contributed by atoms with Gasteiger partial charge >= 0.3 is 0 Å². The molecule has 0 radical (unpaired) electrons. The fraction of sp³-hybridized carbons (Fsp3) is 0.421. The summed E-state index contributed by atoms with van der Waals surface area (Å²) < 4.78 is 0. The maximum Gasteiger partial charge on any atom is 0.222 e. The van der Waals surface area contributed by atoms with Crippen molar-refractivity contribution in [3.05, 3.63) is 58.3 Å². The Hall–Kier alpha value is -1.65. The van der Waals surface area contributed by atoms with E-state index in [1.165, 1.54) is 10.4 Å². The molecule has 3 nitrogen and oxygen atoms in total. The molecular formula is C19H24N2OS. The Labute approximate surface area is 142 Å². The molecule has 2 aromatic rings. The number of carbonyl (C=O) groups excluding carboxylic acids is 1. The lowest BCUT2D eigenvalue weighted by molar-refractivity contribution is -0.130. The van der Waals surface area contributed by atoms with Crippen LogP contribution < -0.4 is 5.32 Å². The smallest absolute Gasteiger partial charge is 0.222 e. The summed E-state index contributed by atoms with van der Waals surface area (Å²) in [5.41, 5.74) is 1.24. The number of nitrogens with zero attached hydrogens (tertiary/aromatic N) is 1. The fourth-order valence-corrected chi connectivity index (χ4v) is 3.89. The van der Waals surface area contributed by atoms with Crippen LogP contribution in [-0.4, -0.2) is 29.9 Å². The zero-order chi connectivity index (χ0) is 16.1. The van der Waals surface area contributed by atoms with E-state index in [-0.39, 0.29) is 5.91 Å². The summed E-state index contributed by atoms with van der Waals surface area (Å²) in [7, 11) is 0. The van der Waals surface area contributed by atoms with Crippen molar-refractivity contribution in [1.82, 2.24) is 10.2 Å². The second-order valence-electron chi connectivity index (χ2n) is 6.21. The van der Waals surface area contributed by atoms with E-state index in [4.69, 9.17) is 0 Å². The van der Waals surface area contributed by atoms with Crippen LogP contribution in [0.25, 0.3) is 0 Å². The van der Waals surface area contributed by atoms with Crippen molar-refractivity contribution in [3.63, 3.8) is 0 Å². The average molecular weight is 328 g/mol. The predicted octanol–water partition coefficient (Wildman–Crippen LogP) is 3.63. The lowest BCUT2D eigenvalue weighted by Gasteiger charge is -2.20. The zero-order valence-corrected chi connectivity index (χ0v) is 14.4. The second-order valence-corrected chi connectivity index (χ2v) is 7.19. The SMILES string of the molecule is C[C@@H](N[C@@H]1CCN(C(=O)CCc2ccccc2)C1)c1cccs1. The topological polar surface area (TPSA) is 32.3 Å². The van der Waals surface area contributed by atoms with Gasteiger partial charge in [-0.2, -0.15) is 0 Å². The third-order valence-electron chi connectivity index (χ3n) is 4.47. The molecule has 1 fully saturated rings. The molecule has 122 valence electrons. The molecular weight excluding hydrogens is 304 g/mol. The molecule has 0 saturated carbocycles. The summed E-state index contributed by atoms with van der Waals surface area (Å²) in [5.74, 6) is 0.280. The van der Waals surface area contributed by atoms with Gasteiger partial charge in [0.1, 0.15) is 0 Å². The maximum absolute atomic E-state index is 12.4. The summed E-state index contributed by atoms with van der Waals surface area (Å²) in [4.78, 5) is 15.8. The second kappa shape index (κ2) is 7.75. The summed E-state index contributed by atoms with van der Waals surface area (Å²) in [6.07, 6.45) is 2.49. The molecule has 2 heterocycles. The summed E-state index contributed by atoms with van der Waals surface area (Å²) in [6.45, 7) is 3.91. The number of hydrogen-bond acceptors (Lipinski definition) is 3. The molecule has 4 heteroatoms. The van der Waals surface area contributed by atoms with Crippen molar-refractivity contribution in [2.24, 2.45) is 0 Å². The molecule has 23 heavy (non-hydrogen) atoms.